The molecule has 0 bridgehead atoms. The van der Waals surface area contributed by atoms with Gasteiger partial charge in [0.15, 0.2) is 0 Å². The average Bonchev–Trinajstić information content (AvgIpc) is 2.26. The summed E-state index contributed by atoms with van der Waals surface area (Å²) in [7, 11) is -3.98. The molecule has 0 unspecified atom stereocenters. The van der Waals surface area contributed by atoms with E-state index < -0.39 is 31.7 Å². The maximum Gasteiger partial charge on any atom is 0.417 e. The molecular weight excluding hydrogens is 303 g/mol. The van der Waals surface area contributed by atoms with Crippen molar-refractivity contribution in [3.05, 3.63) is 28.8 Å². The van der Waals surface area contributed by atoms with Gasteiger partial charge in [-0.2, -0.15) is 13.2 Å². The SMILES string of the molecule is CC[C@@H](C)NS(=O)(=O)c1ccc(Cl)c(C(F)(F)F)c1. The van der Waals surface area contributed by atoms with E-state index in [9.17, 15) is 21.6 Å². The van der Waals surface area contributed by atoms with Crippen LogP contribution in [0.1, 0.15) is 25.8 Å². The van der Waals surface area contributed by atoms with Crippen LogP contribution in [0, 0.1) is 0 Å². The fraction of sp³-hybridized carbons (Fsp3) is 0.455. The molecule has 1 atom stereocenters. The maximum atomic E-state index is 12.6. The molecule has 0 radical (unpaired) electrons. The highest BCUT2D eigenvalue weighted by Crippen LogP contribution is 2.35. The van der Waals surface area contributed by atoms with Crippen LogP contribution in [0.15, 0.2) is 23.1 Å². The largest absolute Gasteiger partial charge is 0.417 e. The van der Waals surface area contributed by atoms with Gasteiger partial charge in [-0.25, -0.2) is 13.1 Å². The predicted molar refractivity (Wildman–Crippen MR) is 66.5 cm³/mol. The van der Waals surface area contributed by atoms with Gasteiger partial charge in [0.2, 0.25) is 10.0 Å². The minimum atomic E-state index is -4.70. The first kappa shape index (κ1) is 16.3. The zero-order valence-electron chi connectivity index (χ0n) is 10.3. The number of halogens is 4. The highest BCUT2D eigenvalue weighted by molar-refractivity contribution is 7.89. The Bertz CT molecular complexity index is 558. The van der Waals surface area contributed by atoms with E-state index in [0.717, 1.165) is 12.1 Å². The van der Waals surface area contributed by atoms with Gasteiger partial charge in [-0.3, -0.25) is 0 Å². The number of hydrogen-bond acceptors (Lipinski definition) is 2. The molecule has 0 aliphatic heterocycles. The molecule has 1 aromatic carbocycles. The number of rotatable bonds is 4. The number of sulfonamides is 1. The van der Waals surface area contributed by atoms with E-state index in [4.69, 9.17) is 11.6 Å². The third-order valence-electron chi connectivity index (χ3n) is 2.52. The van der Waals surface area contributed by atoms with E-state index in [1.807, 2.05) is 0 Å². The molecule has 19 heavy (non-hydrogen) atoms. The first-order valence-electron chi connectivity index (χ1n) is 5.47. The molecule has 1 rings (SSSR count). The van der Waals surface area contributed by atoms with Crippen molar-refractivity contribution < 1.29 is 21.6 Å². The van der Waals surface area contributed by atoms with Crippen molar-refractivity contribution in [2.45, 2.75) is 37.4 Å². The summed E-state index contributed by atoms with van der Waals surface area (Å²) in [6.45, 7) is 3.38. The fourth-order valence-electron chi connectivity index (χ4n) is 1.31. The van der Waals surface area contributed by atoms with Gasteiger partial charge >= 0.3 is 6.18 Å². The summed E-state index contributed by atoms with van der Waals surface area (Å²) in [5.74, 6) is 0. The van der Waals surface area contributed by atoms with E-state index in [2.05, 4.69) is 4.72 Å². The molecule has 0 aliphatic carbocycles. The van der Waals surface area contributed by atoms with E-state index in [0.29, 0.717) is 12.5 Å². The third kappa shape index (κ3) is 4.09. The van der Waals surface area contributed by atoms with Gasteiger partial charge in [0, 0.05) is 6.04 Å². The van der Waals surface area contributed by atoms with Crippen molar-refractivity contribution >= 4 is 21.6 Å². The van der Waals surface area contributed by atoms with E-state index in [1.54, 1.807) is 13.8 Å². The molecule has 0 amide bonds. The number of nitrogens with one attached hydrogen (secondary N) is 1. The molecule has 0 spiro atoms. The number of hydrogen-bond donors (Lipinski definition) is 1. The first-order valence-corrected chi connectivity index (χ1v) is 7.33. The zero-order chi connectivity index (χ0) is 14.8. The van der Waals surface area contributed by atoms with Crippen molar-refractivity contribution in [1.29, 1.82) is 0 Å². The lowest BCUT2D eigenvalue weighted by Gasteiger charge is -2.14. The Morgan fingerprint density at radius 1 is 1.37 bits per heavy atom. The molecule has 1 N–H and O–H groups in total. The molecule has 0 aliphatic rings. The lowest BCUT2D eigenvalue weighted by atomic mass is 10.2. The first-order chi connectivity index (χ1) is 8.58. The monoisotopic (exact) mass is 315 g/mol. The predicted octanol–water partition coefficient (Wildman–Crippen LogP) is 3.44. The molecule has 0 heterocycles. The lowest BCUT2D eigenvalue weighted by molar-refractivity contribution is -0.137. The lowest BCUT2D eigenvalue weighted by Crippen LogP contribution is -2.32. The second kappa shape index (κ2) is 5.68. The summed E-state index contributed by atoms with van der Waals surface area (Å²) in [6, 6.07) is 2.14. The second-order valence-electron chi connectivity index (χ2n) is 4.07. The van der Waals surface area contributed by atoms with E-state index in [1.165, 1.54) is 0 Å². The van der Waals surface area contributed by atoms with Gasteiger partial charge in [0.05, 0.1) is 15.5 Å². The van der Waals surface area contributed by atoms with Crippen LogP contribution in [0.4, 0.5) is 13.2 Å². The Balaban J connectivity index is 3.23. The molecule has 0 saturated carbocycles. The van der Waals surface area contributed by atoms with Crippen LogP contribution in [0.3, 0.4) is 0 Å². The molecule has 1 aromatic rings. The number of benzene rings is 1. The van der Waals surface area contributed by atoms with Gasteiger partial charge in [0.25, 0.3) is 0 Å². The Morgan fingerprint density at radius 2 is 1.95 bits per heavy atom. The van der Waals surface area contributed by atoms with Crippen molar-refractivity contribution in [3.63, 3.8) is 0 Å². The van der Waals surface area contributed by atoms with Gasteiger partial charge < -0.3 is 0 Å². The standard InChI is InChI=1S/C11H13ClF3NO2S/c1-3-7(2)16-19(17,18)8-4-5-10(12)9(6-8)11(13,14)15/h4-7,16H,3H2,1-2H3/t7-/m1/s1. The van der Waals surface area contributed by atoms with Crippen LogP contribution in [-0.4, -0.2) is 14.5 Å². The summed E-state index contributed by atoms with van der Waals surface area (Å²) in [6.07, 6.45) is -4.17. The van der Waals surface area contributed by atoms with Crippen molar-refractivity contribution in [2.24, 2.45) is 0 Å². The Morgan fingerprint density at radius 3 is 2.42 bits per heavy atom. The maximum absolute atomic E-state index is 12.6. The zero-order valence-corrected chi connectivity index (χ0v) is 11.8. The summed E-state index contributed by atoms with van der Waals surface area (Å²) < 4.78 is 64.0. The topological polar surface area (TPSA) is 46.2 Å². The summed E-state index contributed by atoms with van der Waals surface area (Å²) in [5, 5.41) is -0.532. The molecule has 0 fully saturated rings. The third-order valence-corrected chi connectivity index (χ3v) is 4.44. The quantitative estimate of drug-likeness (QED) is 0.925. The van der Waals surface area contributed by atoms with Crippen LogP contribution in [0.25, 0.3) is 0 Å². The van der Waals surface area contributed by atoms with Crippen molar-refractivity contribution in [1.82, 2.24) is 4.72 Å². The van der Waals surface area contributed by atoms with Gasteiger partial charge in [-0.1, -0.05) is 18.5 Å². The molecule has 3 nitrogen and oxygen atoms in total. The minimum Gasteiger partial charge on any atom is -0.208 e. The highest BCUT2D eigenvalue weighted by atomic mass is 35.5. The smallest absolute Gasteiger partial charge is 0.208 e. The van der Waals surface area contributed by atoms with Crippen LogP contribution < -0.4 is 4.72 Å². The molecule has 0 saturated heterocycles. The van der Waals surface area contributed by atoms with Crippen LogP contribution in [-0.2, 0) is 16.2 Å². The molecular formula is C11H13ClF3NO2S. The average molecular weight is 316 g/mol. The fourth-order valence-corrected chi connectivity index (χ4v) is 2.88. The Kier molecular flexibility index (Phi) is 4.86. The summed E-state index contributed by atoms with van der Waals surface area (Å²) in [5.41, 5.74) is -1.17. The molecule has 0 aromatic heterocycles. The summed E-state index contributed by atoms with van der Waals surface area (Å²) >= 11 is 5.43. The van der Waals surface area contributed by atoms with Gasteiger partial charge in [-0.15, -0.1) is 0 Å². The summed E-state index contributed by atoms with van der Waals surface area (Å²) in [4.78, 5) is -0.454. The Hall–Kier alpha value is -0.790. The van der Waals surface area contributed by atoms with E-state index >= 15 is 0 Å². The van der Waals surface area contributed by atoms with Crippen LogP contribution >= 0.6 is 11.6 Å². The molecule has 108 valence electrons. The van der Waals surface area contributed by atoms with Crippen LogP contribution in [0.2, 0.25) is 5.02 Å². The molecule has 8 heteroatoms. The van der Waals surface area contributed by atoms with Crippen molar-refractivity contribution in [2.75, 3.05) is 0 Å². The Labute approximate surface area is 114 Å². The van der Waals surface area contributed by atoms with Crippen molar-refractivity contribution in [3.8, 4) is 0 Å². The van der Waals surface area contributed by atoms with Crippen LogP contribution in [0.5, 0.6) is 0 Å². The normalized spacial score (nSPS) is 14.4. The highest BCUT2D eigenvalue weighted by Gasteiger charge is 2.34. The second-order valence-corrected chi connectivity index (χ2v) is 6.19. The van der Waals surface area contributed by atoms with E-state index in [-0.39, 0.29) is 6.04 Å². The minimum absolute atomic E-state index is 0.366. The van der Waals surface area contributed by atoms with Gasteiger partial charge in [0.1, 0.15) is 0 Å². The number of alkyl halides is 3. The van der Waals surface area contributed by atoms with Gasteiger partial charge in [-0.05, 0) is 31.5 Å².